The lowest BCUT2D eigenvalue weighted by molar-refractivity contribution is 0.102. The number of nitrogens with one attached hydrogen (secondary N) is 1. The number of para-hydroxylation sites is 2. The molecule has 1 aromatic heterocycles. The Hall–Kier alpha value is -3.15. The van der Waals surface area contributed by atoms with Crippen LogP contribution in [0.3, 0.4) is 0 Å². The number of hydrogen-bond donors (Lipinski definition) is 2. The van der Waals surface area contributed by atoms with E-state index in [0.717, 1.165) is 19.3 Å². The van der Waals surface area contributed by atoms with Crippen LogP contribution in [-0.2, 0) is 6.54 Å². The van der Waals surface area contributed by atoms with Gasteiger partial charge in [0.1, 0.15) is 17.1 Å². The van der Waals surface area contributed by atoms with Gasteiger partial charge in [-0.2, -0.15) is 0 Å². The molecule has 5 nitrogen and oxygen atoms in total. The number of carbonyl (C=O) groups excluding carboxylic acids is 1. The molecule has 0 bridgehead atoms. The van der Waals surface area contributed by atoms with Crippen LogP contribution in [0.1, 0.15) is 68.6 Å². The summed E-state index contributed by atoms with van der Waals surface area (Å²) in [6, 6.07) is 12.7. The highest BCUT2D eigenvalue weighted by Gasteiger charge is 2.22. The maximum absolute atomic E-state index is 14.0. The monoisotopic (exact) mass is 438 g/mol. The molecule has 0 unspecified atom stereocenters. The minimum atomic E-state index is -0.826. The van der Waals surface area contributed by atoms with Crippen LogP contribution < -0.4 is 10.9 Å². The van der Waals surface area contributed by atoms with Crippen LogP contribution in [-0.4, -0.2) is 15.6 Å². The van der Waals surface area contributed by atoms with E-state index < -0.39 is 17.3 Å². The number of carbonyl (C=O) groups is 1. The number of halogens is 1. The van der Waals surface area contributed by atoms with Crippen molar-refractivity contribution in [3.8, 4) is 5.75 Å². The number of pyridine rings is 1. The molecule has 0 aliphatic carbocycles. The zero-order valence-electron chi connectivity index (χ0n) is 18.6. The topological polar surface area (TPSA) is 71.3 Å². The summed E-state index contributed by atoms with van der Waals surface area (Å²) in [6.45, 7) is 2.65. The van der Waals surface area contributed by atoms with E-state index in [9.17, 15) is 19.1 Å². The van der Waals surface area contributed by atoms with Gasteiger partial charge in [-0.1, -0.05) is 76.1 Å². The summed E-state index contributed by atoms with van der Waals surface area (Å²) in [5.74, 6) is -1.82. The molecule has 1 amide bonds. The van der Waals surface area contributed by atoms with Crippen LogP contribution in [0.25, 0.3) is 10.9 Å². The lowest BCUT2D eigenvalue weighted by Gasteiger charge is -2.15. The van der Waals surface area contributed by atoms with Crippen molar-refractivity contribution in [3.63, 3.8) is 0 Å². The molecule has 3 aromatic rings. The van der Waals surface area contributed by atoms with Crippen LogP contribution in [0, 0.1) is 5.82 Å². The van der Waals surface area contributed by atoms with Gasteiger partial charge in [-0.15, -0.1) is 0 Å². The van der Waals surface area contributed by atoms with Crippen molar-refractivity contribution < 1.29 is 14.3 Å². The number of aromatic hydroxyl groups is 1. The number of amides is 1. The number of fused-ring (bicyclic) bond motifs is 1. The Balaban J connectivity index is 1.81. The SMILES string of the molecule is CCCCCCCCCCn1c(=O)c(C(=O)Nc2ccccc2F)c(O)c2ccccc21. The average Bonchev–Trinajstić information content (AvgIpc) is 2.79. The fraction of sp³-hybridized carbons (Fsp3) is 0.385. The van der Waals surface area contributed by atoms with Gasteiger partial charge in [-0.05, 0) is 30.7 Å². The van der Waals surface area contributed by atoms with Crippen molar-refractivity contribution in [3.05, 3.63) is 70.3 Å². The van der Waals surface area contributed by atoms with E-state index >= 15 is 0 Å². The Morgan fingerprint density at radius 1 is 0.938 bits per heavy atom. The molecule has 3 rings (SSSR count). The highest BCUT2D eigenvalue weighted by atomic mass is 19.1. The highest BCUT2D eigenvalue weighted by molar-refractivity contribution is 6.09. The Labute approximate surface area is 187 Å². The van der Waals surface area contributed by atoms with Gasteiger partial charge in [0.15, 0.2) is 0 Å². The lowest BCUT2D eigenvalue weighted by Crippen LogP contribution is -2.30. The minimum Gasteiger partial charge on any atom is -0.506 e. The second-order valence-corrected chi connectivity index (χ2v) is 8.11. The van der Waals surface area contributed by atoms with Crippen LogP contribution in [0.4, 0.5) is 10.1 Å². The van der Waals surface area contributed by atoms with Gasteiger partial charge >= 0.3 is 0 Å². The quantitative estimate of drug-likeness (QED) is 0.348. The van der Waals surface area contributed by atoms with E-state index in [-0.39, 0.29) is 17.0 Å². The van der Waals surface area contributed by atoms with Crippen LogP contribution >= 0.6 is 0 Å². The number of unbranched alkanes of at least 4 members (excludes halogenated alkanes) is 7. The first-order chi connectivity index (χ1) is 15.5. The second kappa shape index (κ2) is 11.5. The number of hydrogen-bond acceptors (Lipinski definition) is 3. The third-order valence-corrected chi connectivity index (χ3v) is 5.73. The molecule has 2 N–H and O–H groups in total. The van der Waals surface area contributed by atoms with Crippen LogP contribution in [0.5, 0.6) is 5.75 Å². The van der Waals surface area contributed by atoms with Gasteiger partial charge < -0.3 is 15.0 Å². The zero-order chi connectivity index (χ0) is 22.9. The van der Waals surface area contributed by atoms with Gasteiger partial charge in [0.2, 0.25) is 0 Å². The molecule has 0 radical (unpaired) electrons. The van der Waals surface area contributed by atoms with Crippen molar-refractivity contribution in [2.45, 2.75) is 64.8 Å². The van der Waals surface area contributed by atoms with Gasteiger partial charge in [0.25, 0.3) is 11.5 Å². The summed E-state index contributed by atoms with van der Waals surface area (Å²) in [4.78, 5) is 26.1. The average molecular weight is 439 g/mol. The second-order valence-electron chi connectivity index (χ2n) is 8.11. The van der Waals surface area contributed by atoms with Crippen molar-refractivity contribution in [1.82, 2.24) is 4.57 Å². The first-order valence-electron chi connectivity index (χ1n) is 11.4. The minimum absolute atomic E-state index is 0.0425. The highest BCUT2D eigenvalue weighted by Crippen LogP contribution is 2.27. The van der Waals surface area contributed by atoms with Crippen molar-refractivity contribution in [2.75, 3.05) is 5.32 Å². The first kappa shape index (κ1) is 23.5. The van der Waals surface area contributed by atoms with Gasteiger partial charge in [0, 0.05) is 11.9 Å². The molecule has 32 heavy (non-hydrogen) atoms. The molecular weight excluding hydrogens is 407 g/mol. The molecule has 1 heterocycles. The molecule has 0 aliphatic rings. The third-order valence-electron chi connectivity index (χ3n) is 5.73. The van der Waals surface area contributed by atoms with Crippen molar-refractivity contribution >= 4 is 22.5 Å². The van der Waals surface area contributed by atoms with E-state index in [4.69, 9.17) is 0 Å². The number of anilines is 1. The first-order valence-corrected chi connectivity index (χ1v) is 11.4. The molecule has 0 saturated heterocycles. The zero-order valence-corrected chi connectivity index (χ0v) is 18.6. The molecule has 0 fully saturated rings. The summed E-state index contributed by atoms with van der Waals surface area (Å²) in [5, 5.41) is 13.6. The maximum atomic E-state index is 14.0. The van der Waals surface area contributed by atoms with Gasteiger partial charge in [-0.3, -0.25) is 9.59 Å². The predicted octanol–water partition coefficient (Wildman–Crippen LogP) is 6.24. The third kappa shape index (κ3) is 5.55. The molecular formula is C26H31FN2O3. The molecule has 6 heteroatoms. The Bertz CT molecular complexity index is 1120. The van der Waals surface area contributed by atoms with Crippen molar-refractivity contribution in [2.24, 2.45) is 0 Å². The van der Waals surface area contributed by atoms with E-state index in [1.54, 1.807) is 34.9 Å². The number of aryl methyl sites for hydroxylation is 1. The van der Waals surface area contributed by atoms with Crippen molar-refractivity contribution in [1.29, 1.82) is 0 Å². The number of rotatable bonds is 11. The van der Waals surface area contributed by atoms with E-state index in [0.29, 0.717) is 17.4 Å². The summed E-state index contributed by atoms with van der Waals surface area (Å²) < 4.78 is 15.5. The van der Waals surface area contributed by atoms with Crippen LogP contribution in [0.15, 0.2) is 53.3 Å². The molecule has 2 aromatic carbocycles. The van der Waals surface area contributed by atoms with E-state index in [2.05, 4.69) is 12.2 Å². The standard InChI is InChI=1S/C26H31FN2O3/c1-2-3-4-5-6-7-8-13-18-29-22-17-12-9-14-19(22)24(30)23(26(29)32)25(31)28-21-16-11-10-15-20(21)27/h9-12,14-17,30H,2-8,13,18H2,1H3,(H,28,31). The Morgan fingerprint density at radius 2 is 1.56 bits per heavy atom. The normalized spacial score (nSPS) is 11.1. The van der Waals surface area contributed by atoms with Gasteiger partial charge in [0.05, 0.1) is 11.2 Å². The summed E-state index contributed by atoms with van der Waals surface area (Å²) in [6.07, 6.45) is 9.07. The smallest absolute Gasteiger partial charge is 0.267 e. The Morgan fingerprint density at radius 3 is 2.28 bits per heavy atom. The molecule has 0 spiro atoms. The van der Waals surface area contributed by atoms with Crippen LogP contribution in [0.2, 0.25) is 0 Å². The summed E-state index contributed by atoms with van der Waals surface area (Å²) in [5.41, 5.74) is -0.399. The largest absolute Gasteiger partial charge is 0.506 e. The lowest BCUT2D eigenvalue weighted by atomic mass is 10.1. The fourth-order valence-electron chi connectivity index (χ4n) is 3.97. The molecule has 170 valence electrons. The number of benzene rings is 2. The van der Waals surface area contributed by atoms with Gasteiger partial charge in [-0.25, -0.2) is 4.39 Å². The summed E-state index contributed by atoms with van der Waals surface area (Å²) in [7, 11) is 0. The fourth-order valence-corrected chi connectivity index (χ4v) is 3.97. The number of nitrogens with zero attached hydrogens (tertiary/aromatic N) is 1. The summed E-state index contributed by atoms with van der Waals surface area (Å²) >= 11 is 0. The van der Waals surface area contributed by atoms with E-state index in [1.165, 1.54) is 50.3 Å². The maximum Gasteiger partial charge on any atom is 0.267 e. The molecule has 0 aliphatic heterocycles. The number of aromatic nitrogens is 1. The molecule has 0 atom stereocenters. The van der Waals surface area contributed by atoms with E-state index in [1.807, 2.05) is 0 Å². The Kier molecular flexibility index (Phi) is 8.42. The molecule has 0 saturated carbocycles. The predicted molar refractivity (Wildman–Crippen MR) is 127 cm³/mol.